The minimum Gasteiger partial charge on any atom is -0.504 e. The fraction of sp³-hybridized carbons (Fsp3) is 0. The van der Waals surface area contributed by atoms with Crippen LogP contribution >= 0.6 is 23.5 Å². The molecule has 2 aromatic rings. The van der Waals surface area contributed by atoms with E-state index in [1.54, 1.807) is 35.7 Å². The quantitative estimate of drug-likeness (QED) is 0.595. The Kier molecular flexibility index (Phi) is 2.26. The third-order valence-corrected chi connectivity index (χ3v) is 4.86. The maximum absolute atomic E-state index is 9.45. The van der Waals surface area contributed by atoms with Crippen molar-refractivity contribution in [3.8, 4) is 11.5 Å². The fourth-order valence-corrected chi connectivity index (χ4v) is 3.82. The average molecular weight is 248 g/mol. The van der Waals surface area contributed by atoms with Crippen molar-refractivity contribution in [3.63, 3.8) is 0 Å². The summed E-state index contributed by atoms with van der Waals surface area (Å²) in [4.78, 5) is 4.34. The van der Waals surface area contributed by atoms with Gasteiger partial charge in [0.15, 0.2) is 11.5 Å². The molecule has 16 heavy (non-hydrogen) atoms. The first-order valence-electron chi connectivity index (χ1n) is 4.75. The van der Waals surface area contributed by atoms with Crippen LogP contribution < -0.4 is 0 Å². The van der Waals surface area contributed by atoms with Gasteiger partial charge in [-0.25, -0.2) is 0 Å². The van der Waals surface area contributed by atoms with Crippen LogP contribution in [0.3, 0.4) is 0 Å². The molecule has 3 rings (SSSR count). The summed E-state index contributed by atoms with van der Waals surface area (Å²) in [5.74, 6) is -0.127. The maximum Gasteiger partial charge on any atom is 0.158 e. The molecule has 0 saturated heterocycles. The van der Waals surface area contributed by atoms with Gasteiger partial charge in [0.05, 0.1) is 0 Å². The SMILES string of the molecule is Oc1cc2c(cc1O)Sc1ccccc1S2. The highest BCUT2D eigenvalue weighted by molar-refractivity contribution is 8.05. The summed E-state index contributed by atoms with van der Waals surface area (Å²) >= 11 is 3.23. The van der Waals surface area contributed by atoms with E-state index in [-0.39, 0.29) is 11.5 Å². The molecule has 2 N–H and O–H groups in total. The first-order valence-corrected chi connectivity index (χ1v) is 6.38. The van der Waals surface area contributed by atoms with E-state index in [2.05, 4.69) is 12.1 Å². The van der Waals surface area contributed by atoms with Crippen LogP contribution in [0.4, 0.5) is 0 Å². The van der Waals surface area contributed by atoms with Crippen molar-refractivity contribution >= 4 is 23.5 Å². The van der Waals surface area contributed by atoms with Crippen LogP contribution in [-0.2, 0) is 0 Å². The van der Waals surface area contributed by atoms with Crippen molar-refractivity contribution < 1.29 is 10.2 Å². The first kappa shape index (κ1) is 9.93. The lowest BCUT2D eigenvalue weighted by molar-refractivity contribution is 0.400. The monoisotopic (exact) mass is 248 g/mol. The van der Waals surface area contributed by atoms with E-state index in [1.165, 1.54) is 9.79 Å². The van der Waals surface area contributed by atoms with E-state index in [9.17, 15) is 10.2 Å². The zero-order valence-electron chi connectivity index (χ0n) is 8.18. The van der Waals surface area contributed by atoms with Crippen LogP contribution in [0.1, 0.15) is 0 Å². The molecule has 2 nitrogen and oxygen atoms in total. The van der Waals surface area contributed by atoms with Gasteiger partial charge in [-0.15, -0.1) is 0 Å². The summed E-state index contributed by atoms with van der Waals surface area (Å²) in [5, 5.41) is 18.9. The molecule has 0 aliphatic carbocycles. The molecular formula is C12H8O2S2. The molecule has 0 unspecified atom stereocenters. The molecule has 0 fully saturated rings. The zero-order chi connectivity index (χ0) is 11.1. The molecule has 0 bridgehead atoms. The molecule has 4 heteroatoms. The molecule has 0 amide bonds. The molecule has 1 aliphatic rings. The number of rotatable bonds is 0. The molecule has 0 spiro atoms. The van der Waals surface area contributed by atoms with Crippen molar-refractivity contribution in [2.75, 3.05) is 0 Å². The van der Waals surface area contributed by atoms with E-state index in [1.807, 2.05) is 12.1 Å². The van der Waals surface area contributed by atoms with E-state index in [0.29, 0.717) is 0 Å². The summed E-state index contributed by atoms with van der Waals surface area (Å²) in [6, 6.07) is 11.3. The highest BCUT2D eigenvalue weighted by Gasteiger charge is 2.18. The molecule has 80 valence electrons. The van der Waals surface area contributed by atoms with Crippen molar-refractivity contribution in [3.05, 3.63) is 36.4 Å². The minimum absolute atomic E-state index is 0.0637. The van der Waals surface area contributed by atoms with Gasteiger partial charge in [0.1, 0.15) is 0 Å². The lowest BCUT2D eigenvalue weighted by Gasteiger charge is -2.18. The topological polar surface area (TPSA) is 40.5 Å². The lowest BCUT2D eigenvalue weighted by Crippen LogP contribution is -1.88. The summed E-state index contributed by atoms with van der Waals surface area (Å²) in [7, 11) is 0. The van der Waals surface area contributed by atoms with Gasteiger partial charge >= 0.3 is 0 Å². The normalized spacial score (nSPS) is 13.0. The second kappa shape index (κ2) is 3.64. The van der Waals surface area contributed by atoms with Crippen LogP contribution in [0.15, 0.2) is 56.0 Å². The van der Waals surface area contributed by atoms with E-state index in [4.69, 9.17) is 0 Å². The average Bonchev–Trinajstić information content (AvgIpc) is 2.28. The van der Waals surface area contributed by atoms with Crippen molar-refractivity contribution in [2.24, 2.45) is 0 Å². The second-order valence-electron chi connectivity index (χ2n) is 3.44. The van der Waals surface area contributed by atoms with Crippen molar-refractivity contribution in [1.82, 2.24) is 0 Å². The lowest BCUT2D eigenvalue weighted by atomic mass is 10.3. The van der Waals surface area contributed by atoms with Gasteiger partial charge in [-0.2, -0.15) is 0 Å². The third-order valence-electron chi connectivity index (χ3n) is 2.33. The molecule has 0 radical (unpaired) electrons. The van der Waals surface area contributed by atoms with Crippen molar-refractivity contribution in [1.29, 1.82) is 0 Å². The number of aromatic hydroxyl groups is 2. The Morgan fingerprint density at radius 1 is 0.688 bits per heavy atom. The van der Waals surface area contributed by atoms with E-state index < -0.39 is 0 Å². The number of benzene rings is 2. The van der Waals surface area contributed by atoms with Crippen LogP contribution in [0, 0.1) is 0 Å². The number of hydrogen-bond acceptors (Lipinski definition) is 4. The second-order valence-corrected chi connectivity index (χ2v) is 5.61. The predicted molar refractivity (Wildman–Crippen MR) is 64.5 cm³/mol. The number of hydrogen-bond donors (Lipinski definition) is 2. The summed E-state index contributed by atoms with van der Waals surface area (Å²) in [6.07, 6.45) is 0. The van der Waals surface area contributed by atoms with Crippen LogP contribution in [0.2, 0.25) is 0 Å². The molecule has 0 saturated carbocycles. The summed E-state index contributed by atoms with van der Waals surface area (Å²) in [5.41, 5.74) is 0. The number of phenols is 2. The van der Waals surface area contributed by atoms with Gasteiger partial charge in [0.25, 0.3) is 0 Å². The Labute approximate surface area is 101 Å². The Balaban J connectivity index is 2.12. The number of phenolic OH excluding ortho intramolecular Hbond substituents is 2. The molecule has 1 aliphatic heterocycles. The van der Waals surface area contributed by atoms with Crippen LogP contribution in [-0.4, -0.2) is 10.2 Å². The zero-order valence-corrected chi connectivity index (χ0v) is 9.81. The van der Waals surface area contributed by atoms with Gasteiger partial charge in [-0.05, 0) is 24.3 Å². The van der Waals surface area contributed by atoms with Gasteiger partial charge in [-0.3, -0.25) is 0 Å². The Bertz CT molecular complexity index is 517. The van der Waals surface area contributed by atoms with Gasteiger partial charge < -0.3 is 10.2 Å². The number of fused-ring (bicyclic) bond motifs is 2. The van der Waals surface area contributed by atoms with Gasteiger partial charge in [0, 0.05) is 19.6 Å². The molecular weight excluding hydrogens is 240 g/mol. The van der Waals surface area contributed by atoms with Crippen LogP contribution in [0.25, 0.3) is 0 Å². The largest absolute Gasteiger partial charge is 0.504 e. The van der Waals surface area contributed by atoms with E-state index in [0.717, 1.165) is 9.79 Å². The Morgan fingerprint density at radius 2 is 1.12 bits per heavy atom. The minimum atomic E-state index is -0.0637. The first-order chi connectivity index (χ1) is 7.74. The molecule has 1 heterocycles. The fourth-order valence-electron chi connectivity index (χ4n) is 1.55. The Morgan fingerprint density at radius 3 is 1.56 bits per heavy atom. The smallest absolute Gasteiger partial charge is 0.158 e. The van der Waals surface area contributed by atoms with Crippen molar-refractivity contribution in [2.45, 2.75) is 19.6 Å². The summed E-state index contributed by atoms with van der Waals surface area (Å²) < 4.78 is 0. The standard InChI is InChI=1S/C12H8O2S2/c13-7-5-11-12(6-8(7)14)16-10-4-2-1-3-9(10)15-11/h1-6,13-14H. The van der Waals surface area contributed by atoms with Gasteiger partial charge in [-0.1, -0.05) is 35.7 Å². The highest BCUT2D eigenvalue weighted by atomic mass is 32.2. The van der Waals surface area contributed by atoms with Crippen LogP contribution in [0.5, 0.6) is 11.5 Å². The molecule has 0 atom stereocenters. The predicted octanol–water partition coefficient (Wildman–Crippen LogP) is 3.71. The van der Waals surface area contributed by atoms with E-state index >= 15 is 0 Å². The molecule has 2 aromatic carbocycles. The molecule has 0 aromatic heterocycles. The Hall–Kier alpha value is -1.26. The third kappa shape index (κ3) is 1.54. The maximum atomic E-state index is 9.45. The summed E-state index contributed by atoms with van der Waals surface area (Å²) in [6.45, 7) is 0. The van der Waals surface area contributed by atoms with Gasteiger partial charge in [0.2, 0.25) is 0 Å². The highest BCUT2D eigenvalue weighted by Crippen LogP contribution is 2.50.